The first-order valence-corrected chi connectivity index (χ1v) is 8.23. The van der Waals surface area contributed by atoms with Crippen LogP contribution in [0.2, 0.25) is 0 Å². The zero-order chi connectivity index (χ0) is 17.4. The Morgan fingerprint density at radius 3 is 2.60 bits per heavy atom. The molecule has 1 amide bonds. The standard InChI is InChI=1S/C17H18F2N4O2/c18-17(19,11-4-2-1-3-5-11)16-21-14-13(15(24)22-16)10-20-23(14)12-6-8-25-9-7-12/h1-5,10,12,16,21H,6-9H2,(H,22,24). The number of rotatable bonds is 3. The van der Waals surface area contributed by atoms with Gasteiger partial charge in [0.05, 0.1) is 12.2 Å². The van der Waals surface area contributed by atoms with Crippen molar-refractivity contribution in [3.05, 3.63) is 47.7 Å². The molecule has 0 radical (unpaired) electrons. The molecule has 4 rings (SSSR count). The fourth-order valence-electron chi connectivity index (χ4n) is 3.27. The minimum absolute atomic E-state index is 0.0295. The summed E-state index contributed by atoms with van der Waals surface area (Å²) in [6.07, 6.45) is 1.35. The van der Waals surface area contributed by atoms with Crippen molar-refractivity contribution < 1.29 is 18.3 Å². The summed E-state index contributed by atoms with van der Waals surface area (Å²) in [5, 5.41) is 9.39. The number of halogens is 2. The van der Waals surface area contributed by atoms with Gasteiger partial charge in [0, 0.05) is 18.8 Å². The monoisotopic (exact) mass is 348 g/mol. The van der Waals surface area contributed by atoms with Crippen molar-refractivity contribution in [2.45, 2.75) is 31.0 Å². The normalized spacial score (nSPS) is 21.4. The summed E-state index contributed by atoms with van der Waals surface area (Å²) < 4.78 is 36.7. The third-order valence-corrected chi connectivity index (χ3v) is 4.65. The van der Waals surface area contributed by atoms with Crippen LogP contribution in [0.1, 0.15) is 34.8 Å². The van der Waals surface area contributed by atoms with Crippen LogP contribution in [-0.2, 0) is 10.7 Å². The molecule has 8 heteroatoms. The van der Waals surface area contributed by atoms with Gasteiger partial charge in [-0.1, -0.05) is 30.3 Å². The van der Waals surface area contributed by atoms with Gasteiger partial charge in [-0.15, -0.1) is 0 Å². The molecule has 1 atom stereocenters. The Hall–Kier alpha value is -2.48. The van der Waals surface area contributed by atoms with Crippen molar-refractivity contribution in [3.63, 3.8) is 0 Å². The molecule has 0 aliphatic carbocycles. The van der Waals surface area contributed by atoms with Gasteiger partial charge in [0.15, 0.2) is 6.17 Å². The molecule has 1 unspecified atom stereocenters. The lowest BCUT2D eigenvalue weighted by molar-refractivity contribution is -0.0338. The van der Waals surface area contributed by atoms with Crippen LogP contribution >= 0.6 is 0 Å². The second-order valence-electron chi connectivity index (χ2n) is 6.23. The van der Waals surface area contributed by atoms with E-state index in [1.165, 1.54) is 18.3 Å². The van der Waals surface area contributed by atoms with E-state index in [0.717, 1.165) is 12.8 Å². The van der Waals surface area contributed by atoms with Gasteiger partial charge in [0.1, 0.15) is 11.4 Å². The van der Waals surface area contributed by atoms with E-state index < -0.39 is 18.0 Å². The zero-order valence-electron chi connectivity index (χ0n) is 13.4. The maximum Gasteiger partial charge on any atom is 0.311 e. The first kappa shape index (κ1) is 16.0. The smallest absolute Gasteiger partial charge is 0.311 e. The number of benzene rings is 1. The number of carbonyl (C=O) groups is 1. The lowest BCUT2D eigenvalue weighted by atomic mass is 10.0. The minimum atomic E-state index is -3.26. The van der Waals surface area contributed by atoms with E-state index in [-0.39, 0.29) is 17.2 Å². The number of hydrogen-bond acceptors (Lipinski definition) is 4. The number of amides is 1. The molecule has 0 spiro atoms. The number of nitrogens with one attached hydrogen (secondary N) is 2. The Labute approximate surface area is 143 Å². The van der Waals surface area contributed by atoms with E-state index in [4.69, 9.17) is 4.74 Å². The molecule has 1 aromatic carbocycles. The molecule has 0 saturated carbocycles. The number of anilines is 1. The number of alkyl halides is 2. The lowest BCUT2D eigenvalue weighted by Gasteiger charge is -2.34. The Morgan fingerprint density at radius 1 is 1.16 bits per heavy atom. The largest absolute Gasteiger partial charge is 0.381 e. The SMILES string of the molecule is O=C1NC(C(F)(F)c2ccccc2)Nc2c1cnn2C1CCOCC1. The lowest BCUT2D eigenvalue weighted by Crippen LogP contribution is -2.54. The molecular formula is C17H18F2N4O2. The van der Waals surface area contributed by atoms with Crippen molar-refractivity contribution in [2.24, 2.45) is 0 Å². The zero-order valence-corrected chi connectivity index (χ0v) is 13.4. The number of carbonyl (C=O) groups excluding carboxylic acids is 1. The van der Waals surface area contributed by atoms with E-state index in [1.54, 1.807) is 22.9 Å². The van der Waals surface area contributed by atoms with E-state index in [9.17, 15) is 13.6 Å². The molecule has 2 aromatic rings. The Kier molecular flexibility index (Phi) is 3.91. The average Bonchev–Trinajstić information content (AvgIpc) is 3.08. The van der Waals surface area contributed by atoms with Gasteiger partial charge in [-0.3, -0.25) is 4.79 Å². The fraction of sp³-hybridized carbons (Fsp3) is 0.412. The third-order valence-electron chi connectivity index (χ3n) is 4.65. The predicted molar refractivity (Wildman–Crippen MR) is 86.5 cm³/mol. The van der Waals surface area contributed by atoms with Gasteiger partial charge >= 0.3 is 5.92 Å². The summed E-state index contributed by atoms with van der Waals surface area (Å²) >= 11 is 0. The maximum atomic E-state index is 14.9. The van der Waals surface area contributed by atoms with Crippen LogP contribution in [-0.4, -0.2) is 35.1 Å². The summed E-state index contributed by atoms with van der Waals surface area (Å²) in [4.78, 5) is 12.3. The highest BCUT2D eigenvalue weighted by Crippen LogP contribution is 2.36. The summed E-state index contributed by atoms with van der Waals surface area (Å²) in [7, 11) is 0. The molecule has 1 fully saturated rings. The summed E-state index contributed by atoms with van der Waals surface area (Å²) in [6, 6.07) is 7.49. The number of aromatic nitrogens is 2. The van der Waals surface area contributed by atoms with Crippen LogP contribution in [0.5, 0.6) is 0 Å². The number of fused-ring (bicyclic) bond motifs is 1. The van der Waals surface area contributed by atoms with Crippen LogP contribution in [0.4, 0.5) is 14.6 Å². The first-order valence-electron chi connectivity index (χ1n) is 8.23. The van der Waals surface area contributed by atoms with Gasteiger partial charge in [0.25, 0.3) is 5.91 Å². The molecule has 2 aliphatic rings. The molecule has 1 saturated heterocycles. The molecule has 2 aliphatic heterocycles. The number of ether oxygens (including phenoxy) is 1. The highest BCUT2D eigenvalue weighted by molar-refractivity contribution is 6.00. The topological polar surface area (TPSA) is 68.2 Å². The van der Waals surface area contributed by atoms with Crippen molar-refractivity contribution in [1.82, 2.24) is 15.1 Å². The van der Waals surface area contributed by atoms with Crippen molar-refractivity contribution >= 4 is 11.7 Å². The summed E-state index contributed by atoms with van der Waals surface area (Å²) in [5.74, 6) is -3.47. The Morgan fingerprint density at radius 2 is 1.88 bits per heavy atom. The number of hydrogen-bond donors (Lipinski definition) is 2. The Bertz CT molecular complexity index is 772. The average molecular weight is 348 g/mol. The fourth-order valence-corrected chi connectivity index (χ4v) is 3.27. The van der Waals surface area contributed by atoms with Crippen molar-refractivity contribution in [1.29, 1.82) is 0 Å². The highest BCUT2D eigenvalue weighted by atomic mass is 19.3. The summed E-state index contributed by atoms with van der Waals surface area (Å²) in [5.41, 5.74) is 0.125. The number of nitrogens with zero attached hydrogens (tertiary/aromatic N) is 2. The second-order valence-corrected chi connectivity index (χ2v) is 6.23. The van der Waals surface area contributed by atoms with Crippen LogP contribution in [0.25, 0.3) is 0 Å². The maximum absolute atomic E-state index is 14.9. The molecule has 2 N–H and O–H groups in total. The van der Waals surface area contributed by atoms with E-state index in [1.807, 2.05) is 0 Å². The molecule has 3 heterocycles. The van der Waals surface area contributed by atoms with Crippen LogP contribution < -0.4 is 10.6 Å². The van der Waals surface area contributed by atoms with Crippen molar-refractivity contribution in [2.75, 3.05) is 18.5 Å². The summed E-state index contributed by atoms with van der Waals surface area (Å²) in [6.45, 7) is 1.18. The quantitative estimate of drug-likeness (QED) is 0.894. The van der Waals surface area contributed by atoms with E-state index in [0.29, 0.717) is 19.0 Å². The molecule has 25 heavy (non-hydrogen) atoms. The van der Waals surface area contributed by atoms with E-state index in [2.05, 4.69) is 15.7 Å². The molecule has 6 nitrogen and oxygen atoms in total. The van der Waals surface area contributed by atoms with Crippen LogP contribution in [0.15, 0.2) is 36.5 Å². The van der Waals surface area contributed by atoms with Crippen molar-refractivity contribution in [3.8, 4) is 0 Å². The molecule has 1 aromatic heterocycles. The van der Waals surface area contributed by atoms with Gasteiger partial charge in [-0.2, -0.15) is 13.9 Å². The molecular weight excluding hydrogens is 330 g/mol. The minimum Gasteiger partial charge on any atom is -0.381 e. The second kappa shape index (κ2) is 6.11. The first-order chi connectivity index (χ1) is 12.1. The predicted octanol–water partition coefficient (Wildman–Crippen LogP) is 2.51. The molecule has 132 valence electrons. The molecule has 0 bridgehead atoms. The van der Waals surface area contributed by atoms with E-state index >= 15 is 0 Å². The third kappa shape index (κ3) is 2.76. The van der Waals surface area contributed by atoms with Gasteiger partial charge < -0.3 is 15.4 Å². The van der Waals surface area contributed by atoms with Gasteiger partial charge in [-0.05, 0) is 12.8 Å². The van der Waals surface area contributed by atoms with Gasteiger partial charge in [-0.25, -0.2) is 4.68 Å². The Balaban J connectivity index is 1.66. The highest BCUT2D eigenvalue weighted by Gasteiger charge is 2.46. The van der Waals surface area contributed by atoms with Crippen LogP contribution in [0.3, 0.4) is 0 Å². The van der Waals surface area contributed by atoms with Gasteiger partial charge in [0.2, 0.25) is 0 Å². The van der Waals surface area contributed by atoms with Crippen LogP contribution in [0, 0.1) is 0 Å².